The highest BCUT2D eigenvalue weighted by Crippen LogP contribution is 2.25. The topological polar surface area (TPSA) is 75.3 Å². The molecule has 0 spiro atoms. The summed E-state index contributed by atoms with van der Waals surface area (Å²) in [7, 11) is -4.05. The molecule has 8 heteroatoms. The molecule has 0 unspecified atom stereocenters. The summed E-state index contributed by atoms with van der Waals surface area (Å²) in [5.74, 6) is -1.13. The van der Waals surface area contributed by atoms with Gasteiger partial charge in [-0.2, -0.15) is 0 Å². The number of anilines is 2. The summed E-state index contributed by atoms with van der Waals surface area (Å²) in [5.41, 5.74) is 0.649. The van der Waals surface area contributed by atoms with Gasteiger partial charge in [-0.25, -0.2) is 12.8 Å². The first-order valence-electron chi connectivity index (χ1n) is 8.22. The molecule has 3 rings (SSSR count). The van der Waals surface area contributed by atoms with Crippen molar-refractivity contribution in [3.63, 3.8) is 0 Å². The third-order valence-corrected chi connectivity index (χ3v) is 6.04. The molecule has 144 valence electrons. The normalized spacial score (nSPS) is 11.1. The van der Waals surface area contributed by atoms with Crippen molar-refractivity contribution in [1.29, 1.82) is 0 Å². The fourth-order valence-corrected chi connectivity index (χ4v) is 4.16. The minimum absolute atomic E-state index is 0.137. The van der Waals surface area contributed by atoms with E-state index < -0.39 is 21.7 Å². The van der Waals surface area contributed by atoms with Gasteiger partial charge >= 0.3 is 0 Å². The van der Waals surface area contributed by atoms with Crippen molar-refractivity contribution in [3.05, 3.63) is 84.2 Å². The van der Waals surface area contributed by atoms with Crippen molar-refractivity contribution in [3.8, 4) is 0 Å². The Morgan fingerprint density at radius 1 is 0.929 bits per heavy atom. The number of nitrogens with one attached hydrogen (secondary N) is 2. The van der Waals surface area contributed by atoms with Gasteiger partial charge in [0.2, 0.25) is 0 Å². The van der Waals surface area contributed by atoms with Gasteiger partial charge in [0.05, 0.1) is 16.3 Å². The average Bonchev–Trinajstić information content (AvgIpc) is 2.70. The number of para-hydroxylation sites is 2. The molecule has 0 aromatic heterocycles. The van der Waals surface area contributed by atoms with Gasteiger partial charge in [0.1, 0.15) is 5.82 Å². The second-order valence-electron chi connectivity index (χ2n) is 5.77. The zero-order chi connectivity index (χ0) is 20.1. The third kappa shape index (κ3) is 4.52. The van der Waals surface area contributed by atoms with Crippen LogP contribution in [-0.2, 0) is 10.0 Å². The SMILES string of the molecule is CSc1ccccc1NC(=O)c1cccc(S(=O)(=O)Nc2ccccc2F)c1. The van der Waals surface area contributed by atoms with Crippen LogP contribution < -0.4 is 10.0 Å². The molecule has 3 aromatic carbocycles. The first-order valence-corrected chi connectivity index (χ1v) is 10.9. The van der Waals surface area contributed by atoms with Gasteiger partial charge in [0.15, 0.2) is 0 Å². The highest BCUT2D eigenvalue weighted by molar-refractivity contribution is 7.98. The van der Waals surface area contributed by atoms with E-state index in [1.807, 2.05) is 18.4 Å². The smallest absolute Gasteiger partial charge is 0.262 e. The van der Waals surface area contributed by atoms with Crippen molar-refractivity contribution in [2.45, 2.75) is 9.79 Å². The lowest BCUT2D eigenvalue weighted by molar-refractivity contribution is 0.102. The molecular formula is C20H17FN2O3S2. The molecule has 2 N–H and O–H groups in total. The maximum Gasteiger partial charge on any atom is 0.262 e. The fraction of sp³-hybridized carbons (Fsp3) is 0.0500. The zero-order valence-corrected chi connectivity index (χ0v) is 16.5. The number of carbonyl (C=O) groups is 1. The van der Waals surface area contributed by atoms with E-state index in [-0.39, 0.29) is 16.1 Å². The van der Waals surface area contributed by atoms with Crippen LogP contribution in [0.2, 0.25) is 0 Å². The van der Waals surface area contributed by atoms with E-state index in [0.29, 0.717) is 5.69 Å². The number of halogens is 1. The Balaban J connectivity index is 1.85. The predicted molar refractivity (Wildman–Crippen MR) is 110 cm³/mol. The Morgan fingerprint density at radius 3 is 2.32 bits per heavy atom. The minimum atomic E-state index is -4.05. The number of hydrogen-bond acceptors (Lipinski definition) is 4. The molecule has 0 saturated carbocycles. The summed E-state index contributed by atoms with van der Waals surface area (Å²) in [5, 5.41) is 2.78. The van der Waals surface area contributed by atoms with Gasteiger partial charge in [-0.15, -0.1) is 11.8 Å². The van der Waals surface area contributed by atoms with Crippen LogP contribution in [0.25, 0.3) is 0 Å². The number of benzene rings is 3. The molecule has 0 bridgehead atoms. The Labute approximate surface area is 167 Å². The third-order valence-electron chi connectivity index (χ3n) is 3.88. The van der Waals surface area contributed by atoms with Crippen molar-refractivity contribution in [1.82, 2.24) is 0 Å². The van der Waals surface area contributed by atoms with Crippen LogP contribution in [-0.4, -0.2) is 20.6 Å². The standard InChI is InChI=1S/C20H17FN2O3S2/c1-27-19-12-5-4-11-18(19)22-20(24)14-7-6-8-15(13-14)28(25,26)23-17-10-3-2-9-16(17)21/h2-13,23H,1H3,(H,22,24). The molecule has 0 saturated heterocycles. The quantitative estimate of drug-likeness (QED) is 0.576. The summed E-state index contributed by atoms with van der Waals surface area (Å²) in [6, 6.07) is 18.3. The molecule has 28 heavy (non-hydrogen) atoms. The van der Waals surface area contributed by atoms with Crippen LogP contribution in [0.3, 0.4) is 0 Å². The maximum absolute atomic E-state index is 13.8. The summed E-state index contributed by atoms with van der Waals surface area (Å²) in [6.07, 6.45) is 1.90. The second-order valence-corrected chi connectivity index (χ2v) is 8.30. The monoisotopic (exact) mass is 416 g/mol. The van der Waals surface area contributed by atoms with E-state index in [1.165, 1.54) is 54.2 Å². The van der Waals surface area contributed by atoms with E-state index in [2.05, 4.69) is 10.0 Å². The van der Waals surface area contributed by atoms with Gasteiger partial charge < -0.3 is 5.32 Å². The van der Waals surface area contributed by atoms with Crippen LogP contribution in [0.4, 0.5) is 15.8 Å². The van der Waals surface area contributed by atoms with E-state index >= 15 is 0 Å². The van der Waals surface area contributed by atoms with Gasteiger partial charge in [0, 0.05) is 10.5 Å². The number of hydrogen-bond donors (Lipinski definition) is 2. The summed E-state index contributed by atoms with van der Waals surface area (Å²) in [6.45, 7) is 0. The van der Waals surface area contributed by atoms with Gasteiger partial charge in [0.25, 0.3) is 15.9 Å². The second kappa shape index (κ2) is 8.45. The van der Waals surface area contributed by atoms with Crippen LogP contribution in [0.15, 0.2) is 82.6 Å². The first-order chi connectivity index (χ1) is 13.4. The molecule has 0 heterocycles. The number of thioether (sulfide) groups is 1. The predicted octanol–water partition coefficient (Wildman–Crippen LogP) is 4.60. The van der Waals surface area contributed by atoms with Crippen LogP contribution in [0.1, 0.15) is 10.4 Å². The van der Waals surface area contributed by atoms with Crippen molar-refractivity contribution in [2.24, 2.45) is 0 Å². The molecule has 0 aliphatic heterocycles. The maximum atomic E-state index is 13.8. The highest BCUT2D eigenvalue weighted by Gasteiger charge is 2.18. The molecule has 0 aliphatic rings. The molecule has 1 amide bonds. The van der Waals surface area contributed by atoms with E-state index in [4.69, 9.17) is 0 Å². The minimum Gasteiger partial charge on any atom is -0.321 e. The molecule has 0 aliphatic carbocycles. The average molecular weight is 416 g/mol. The van der Waals surface area contributed by atoms with Crippen molar-refractivity contribution < 1.29 is 17.6 Å². The highest BCUT2D eigenvalue weighted by atomic mass is 32.2. The largest absolute Gasteiger partial charge is 0.321 e. The van der Waals surface area contributed by atoms with Crippen molar-refractivity contribution >= 4 is 39.1 Å². The van der Waals surface area contributed by atoms with Crippen molar-refractivity contribution in [2.75, 3.05) is 16.3 Å². The fourth-order valence-electron chi connectivity index (χ4n) is 2.49. The van der Waals surface area contributed by atoms with Crippen LogP contribution in [0.5, 0.6) is 0 Å². The Kier molecular flexibility index (Phi) is 6.01. The molecule has 3 aromatic rings. The molecule has 0 atom stereocenters. The lowest BCUT2D eigenvalue weighted by atomic mass is 10.2. The lowest BCUT2D eigenvalue weighted by Crippen LogP contribution is -2.16. The van der Waals surface area contributed by atoms with Gasteiger partial charge in [-0.05, 0) is 48.7 Å². The van der Waals surface area contributed by atoms with E-state index in [1.54, 1.807) is 12.1 Å². The Bertz CT molecular complexity index is 1120. The summed E-state index contributed by atoms with van der Waals surface area (Å²) >= 11 is 1.49. The Hall–Kier alpha value is -2.84. The van der Waals surface area contributed by atoms with Crippen LogP contribution in [0, 0.1) is 5.82 Å². The van der Waals surface area contributed by atoms with Gasteiger partial charge in [-0.1, -0.05) is 30.3 Å². The van der Waals surface area contributed by atoms with Crippen LogP contribution >= 0.6 is 11.8 Å². The number of amides is 1. The molecular weight excluding hydrogens is 399 g/mol. The number of rotatable bonds is 6. The Morgan fingerprint density at radius 2 is 1.61 bits per heavy atom. The molecule has 0 radical (unpaired) electrons. The lowest BCUT2D eigenvalue weighted by Gasteiger charge is -2.11. The summed E-state index contributed by atoms with van der Waals surface area (Å²) < 4.78 is 41.1. The molecule has 0 fully saturated rings. The molecule has 5 nitrogen and oxygen atoms in total. The summed E-state index contributed by atoms with van der Waals surface area (Å²) in [4.78, 5) is 13.3. The van der Waals surface area contributed by atoms with E-state index in [0.717, 1.165) is 11.0 Å². The number of carbonyl (C=O) groups excluding carboxylic acids is 1. The van der Waals surface area contributed by atoms with E-state index in [9.17, 15) is 17.6 Å². The zero-order valence-electron chi connectivity index (χ0n) is 14.8. The first kappa shape index (κ1) is 19.9. The number of sulfonamides is 1. The van der Waals surface area contributed by atoms with Gasteiger partial charge in [-0.3, -0.25) is 9.52 Å².